The van der Waals surface area contributed by atoms with Gasteiger partial charge in [0.1, 0.15) is 13.2 Å². The zero-order chi connectivity index (χ0) is 15.4. The number of aliphatic hydroxyl groups excluding tert-OH is 1. The van der Waals surface area contributed by atoms with Gasteiger partial charge in [0.2, 0.25) is 0 Å². The molecule has 1 aromatic heterocycles. The lowest BCUT2D eigenvalue weighted by molar-refractivity contribution is 0.140. The Morgan fingerprint density at radius 1 is 1.45 bits per heavy atom. The van der Waals surface area contributed by atoms with Crippen molar-refractivity contribution in [3.05, 3.63) is 24.2 Å². The van der Waals surface area contributed by atoms with Crippen molar-refractivity contribution in [1.29, 1.82) is 0 Å². The van der Waals surface area contributed by atoms with Crippen LogP contribution in [0.3, 0.4) is 0 Å². The molecule has 1 N–H and O–H groups in total. The third kappa shape index (κ3) is 3.94. The van der Waals surface area contributed by atoms with E-state index < -0.39 is 14.4 Å². The van der Waals surface area contributed by atoms with Crippen molar-refractivity contribution < 1.29 is 18.8 Å². The Balaban J connectivity index is 3.02. The molecule has 20 heavy (non-hydrogen) atoms. The van der Waals surface area contributed by atoms with Crippen LogP contribution < -0.4 is 0 Å². The predicted molar refractivity (Wildman–Crippen MR) is 81.4 cm³/mol. The maximum absolute atomic E-state index is 9.67. The molecule has 1 unspecified atom stereocenters. The Labute approximate surface area is 121 Å². The van der Waals surface area contributed by atoms with Gasteiger partial charge in [0.25, 0.3) is 0 Å². The number of aliphatic hydroxyl groups is 1. The van der Waals surface area contributed by atoms with Crippen molar-refractivity contribution in [2.24, 2.45) is 5.16 Å². The van der Waals surface area contributed by atoms with Crippen molar-refractivity contribution in [2.45, 2.75) is 45.0 Å². The molecule has 1 aromatic rings. The fourth-order valence-electron chi connectivity index (χ4n) is 1.50. The first-order chi connectivity index (χ1) is 9.23. The summed E-state index contributed by atoms with van der Waals surface area (Å²) in [5.74, 6) is 0.546. The zero-order valence-electron chi connectivity index (χ0n) is 13.1. The van der Waals surface area contributed by atoms with Crippen LogP contribution in [0.5, 0.6) is 0 Å². The summed E-state index contributed by atoms with van der Waals surface area (Å²) in [5.41, 5.74) is 0.477. The highest BCUT2D eigenvalue weighted by Gasteiger charge is 2.40. The molecule has 0 aromatic carbocycles. The molecule has 6 heteroatoms. The minimum absolute atomic E-state index is 0.0434. The monoisotopic (exact) mass is 299 g/mol. The number of hydrogen-bond acceptors (Lipinski definition) is 5. The van der Waals surface area contributed by atoms with E-state index >= 15 is 0 Å². The molecule has 0 aliphatic heterocycles. The highest BCUT2D eigenvalue weighted by atomic mass is 28.4. The quantitative estimate of drug-likeness (QED) is 0.498. The minimum Gasteiger partial charge on any atom is -0.463 e. The summed E-state index contributed by atoms with van der Waals surface area (Å²) in [6.07, 6.45) is 1.00. The molecule has 1 rings (SSSR count). The molecule has 0 aliphatic carbocycles. The van der Waals surface area contributed by atoms with Gasteiger partial charge in [-0.05, 0) is 30.3 Å². The summed E-state index contributed by atoms with van der Waals surface area (Å²) in [7, 11) is -0.569. The van der Waals surface area contributed by atoms with Crippen LogP contribution in [0.1, 0.15) is 26.5 Å². The first-order valence-corrected chi connectivity index (χ1v) is 9.57. The van der Waals surface area contributed by atoms with E-state index in [2.05, 4.69) is 39.0 Å². The van der Waals surface area contributed by atoms with E-state index in [1.807, 2.05) is 0 Å². The van der Waals surface area contributed by atoms with E-state index in [0.717, 1.165) is 0 Å². The average molecular weight is 299 g/mol. The van der Waals surface area contributed by atoms with Crippen molar-refractivity contribution in [3.8, 4) is 0 Å². The Morgan fingerprint density at radius 2 is 2.10 bits per heavy atom. The molecule has 114 valence electrons. The van der Waals surface area contributed by atoms with Crippen LogP contribution in [0.4, 0.5) is 0 Å². The SMILES string of the molecule is CO/N=C(\c1ccco1)C(CO)O[Si](C)(C)C(C)(C)C. The zero-order valence-corrected chi connectivity index (χ0v) is 14.1. The molecule has 0 radical (unpaired) electrons. The first kappa shape index (κ1) is 16.9. The van der Waals surface area contributed by atoms with Gasteiger partial charge in [0.15, 0.2) is 19.8 Å². The first-order valence-electron chi connectivity index (χ1n) is 6.66. The van der Waals surface area contributed by atoms with Gasteiger partial charge >= 0.3 is 0 Å². The van der Waals surface area contributed by atoms with Gasteiger partial charge < -0.3 is 18.8 Å². The Hall–Kier alpha value is -1.11. The number of furan rings is 1. The normalized spacial score (nSPS) is 15.2. The summed E-state index contributed by atoms with van der Waals surface area (Å²) < 4.78 is 11.6. The average Bonchev–Trinajstić information content (AvgIpc) is 2.85. The largest absolute Gasteiger partial charge is 0.463 e. The van der Waals surface area contributed by atoms with Crippen molar-refractivity contribution in [3.63, 3.8) is 0 Å². The third-order valence-corrected chi connectivity index (χ3v) is 8.16. The van der Waals surface area contributed by atoms with E-state index in [1.165, 1.54) is 7.11 Å². The Bertz CT molecular complexity index is 435. The number of rotatable bonds is 6. The van der Waals surface area contributed by atoms with E-state index in [1.54, 1.807) is 18.4 Å². The smallest absolute Gasteiger partial charge is 0.193 e. The van der Waals surface area contributed by atoms with Crippen LogP contribution in [-0.2, 0) is 9.26 Å². The van der Waals surface area contributed by atoms with E-state index in [-0.39, 0.29) is 11.6 Å². The second kappa shape index (κ2) is 6.56. The summed E-state index contributed by atoms with van der Waals surface area (Å²) in [6, 6.07) is 3.54. The molecule has 0 amide bonds. The maximum Gasteiger partial charge on any atom is 0.193 e. The lowest BCUT2D eigenvalue weighted by atomic mass is 10.2. The lowest BCUT2D eigenvalue weighted by Gasteiger charge is -2.38. The molecular formula is C14H25NO4Si. The van der Waals surface area contributed by atoms with Gasteiger partial charge in [-0.3, -0.25) is 0 Å². The van der Waals surface area contributed by atoms with Crippen LogP contribution >= 0.6 is 0 Å². The van der Waals surface area contributed by atoms with E-state index in [0.29, 0.717) is 11.5 Å². The Kier molecular flexibility index (Phi) is 5.56. The van der Waals surface area contributed by atoms with Gasteiger partial charge in [0, 0.05) is 0 Å². The van der Waals surface area contributed by atoms with Gasteiger partial charge in [-0.15, -0.1) is 0 Å². The van der Waals surface area contributed by atoms with Crippen LogP contribution in [0, 0.1) is 0 Å². The van der Waals surface area contributed by atoms with E-state index in [4.69, 9.17) is 13.7 Å². The van der Waals surface area contributed by atoms with Gasteiger partial charge in [-0.1, -0.05) is 25.9 Å². The third-order valence-electron chi connectivity index (χ3n) is 3.68. The molecule has 5 nitrogen and oxygen atoms in total. The van der Waals surface area contributed by atoms with Crippen LogP contribution in [0.2, 0.25) is 18.1 Å². The van der Waals surface area contributed by atoms with Crippen molar-refractivity contribution >= 4 is 14.0 Å². The highest BCUT2D eigenvalue weighted by molar-refractivity contribution is 6.74. The van der Waals surface area contributed by atoms with Gasteiger partial charge in [-0.25, -0.2) is 0 Å². The number of oxime groups is 1. The molecule has 0 bridgehead atoms. The molecule has 0 saturated carbocycles. The molecule has 0 spiro atoms. The topological polar surface area (TPSA) is 64.2 Å². The second-order valence-electron chi connectivity index (χ2n) is 6.19. The maximum atomic E-state index is 9.67. The van der Waals surface area contributed by atoms with Crippen LogP contribution in [-0.4, -0.2) is 39.0 Å². The number of hydrogen-bond donors (Lipinski definition) is 1. The molecule has 1 atom stereocenters. The van der Waals surface area contributed by atoms with E-state index in [9.17, 15) is 5.11 Å². The fourth-order valence-corrected chi connectivity index (χ4v) is 2.75. The molecule has 0 aliphatic rings. The summed E-state index contributed by atoms with van der Waals surface area (Å²) in [6.45, 7) is 10.5. The summed E-state index contributed by atoms with van der Waals surface area (Å²) >= 11 is 0. The minimum atomic E-state index is -2.03. The standard InChI is InChI=1S/C14H25NO4Si/c1-14(2,3)20(5,6)19-12(10-16)13(15-17-4)11-8-7-9-18-11/h7-9,12,16H,10H2,1-6H3/b15-13+. The second-order valence-corrected chi connectivity index (χ2v) is 10.9. The van der Waals surface area contributed by atoms with Gasteiger partial charge in [0.05, 0.1) is 12.9 Å². The lowest BCUT2D eigenvalue weighted by Crippen LogP contribution is -2.47. The van der Waals surface area contributed by atoms with Crippen molar-refractivity contribution in [2.75, 3.05) is 13.7 Å². The fraction of sp³-hybridized carbons (Fsp3) is 0.643. The highest BCUT2D eigenvalue weighted by Crippen LogP contribution is 2.37. The number of nitrogens with zero attached hydrogens (tertiary/aromatic N) is 1. The van der Waals surface area contributed by atoms with Crippen LogP contribution in [0.25, 0.3) is 0 Å². The van der Waals surface area contributed by atoms with Gasteiger partial charge in [-0.2, -0.15) is 0 Å². The summed E-state index contributed by atoms with van der Waals surface area (Å²) in [4.78, 5) is 4.86. The summed E-state index contributed by atoms with van der Waals surface area (Å²) in [5, 5.41) is 13.7. The predicted octanol–water partition coefficient (Wildman–Crippen LogP) is 3.01. The molecular weight excluding hydrogens is 274 g/mol. The molecule has 0 saturated heterocycles. The van der Waals surface area contributed by atoms with Crippen molar-refractivity contribution in [1.82, 2.24) is 0 Å². The molecule has 1 heterocycles. The Morgan fingerprint density at radius 3 is 2.50 bits per heavy atom. The van der Waals surface area contributed by atoms with Crippen LogP contribution in [0.15, 0.2) is 28.0 Å². The molecule has 0 fully saturated rings.